The first kappa shape index (κ1) is 25.3. The van der Waals surface area contributed by atoms with Gasteiger partial charge in [0.15, 0.2) is 0 Å². The van der Waals surface area contributed by atoms with Crippen molar-refractivity contribution >= 4 is 16.8 Å². The van der Waals surface area contributed by atoms with Crippen molar-refractivity contribution in [3.63, 3.8) is 0 Å². The summed E-state index contributed by atoms with van der Waals surface area (Å²) in [4.78, 5) is 29.0. The van der Waals surface area contributed by atoms with Gasteiger partial charge < -0.3 is 14.7 Å². The van der Waals surface area contributed by atoms with E-state index in [4.69, 9.17) is 4.74 Å². The molecule has 1 amide bonds. The third-order valence-electron chi connectivity index (χ3n) is 6.80. The summed E-state index contributed by atoms with van der Waals surface area (Å²) in [6.45, 7) is 9.22. The third kappa shape index (κ3) is 6.17. The van der Waals surface area contributed by atoms with Gasteiger partial charge in [0.1, 0.15) is 12.3 Å². The van der Waals surface area contributed by atoms with E-state index in [1.165, 1.54) is 0 Å². The Labute approximate surface area is 197 Å². The van der Waals surface area contributed by atoms with E-state index in [0.29, 0.717) is 24.8 Å². The Morgan fingerprint density at radius 1 is 1.24 bits per heavy atom. The lowest BCUT2D eigenvalue weighted by Crippen LogP contribution is -2.44. The van der Waals surface area contributed by atoms with Crippen molar-refractivity contribution in [3.05, 3.63) is 40.2 Å². The minimum absolute atomic E-state index is 0.00426. The largest absolute Gasteiger partial charge is 0.497 e. The summed E-state index contributed by atoms with van der Waals surface area (Å²) in [5.41, 5.74) is 1.07. The number of hydrogen-bond acceptors (Lipinski definition) is 4. The second-order valence-electron chi connectivity index (χ2n) is 10.7. The van der Waals surface area contributed by atoms with Crippen LogP contribution in [0.3, 0.4) is 0 Å². The van der Waals surface area contributed by atoms with Gasteiger partial charge in [-0.25, -0.2) is 0 Å². The Morgan fingerprint density at radius 2 is 1.94 bits per heavy atom. The van der Waals surface area contributed by atoms with Crippen molar-refractivity contribution in [2.75, 3.05) is 26.8 Å². The van der Waals surface area contributed by atoms with Gasteiger partial charge >= 0.3 is 0 Å². The average Bonchev–Trinajstić information content (AvgIpc) is 3.32. The summed E-state index contributed by atoms with van der Waals surface area (Å²) >= 11 is 0. The van der Waals surface area contributed by atoms with Gasteiger partial charge in [-0.2, -0.15) is 0 Å². The van der Waals surface area contributed by atoms with Gasteiger partial charge in [-0.15, -0.1) is 0 Å². The fourth-order valence-corrected chi connectivity index (χ4v) is 4.69. The lowest BCUT2D eigenvalue weighted by Gasteiger charge is -2.32. The van der Waals surface area contributed by atoms with Crippen LogP contribution in [0.4, 0.5) is 0 Å². The first-order valence-corrected chi connectivity index (χ1v) is 12.3. The normalized spacial score (nSPS) is 14.9. The van der Waals surface area contributed by atoms with Gasteiger partial charge in [0.05, 0.1) is 12.6 Å². The number of amides is 1. The van der Waals surface area contributed by atoms with Crippen LogP contribution in [0, 0.1) is 11.3 Å². The number of fused-ring (bicyclic) bond motifs is 1. The molecular formula is C27H40N2O4. The molecule has 1 aliphatic rings. The third-order valence-corrected chi connectivity index (χ3v) is 6.80. The Hall–Kier alpha value is -2.34. The summed E-state index contributed by atoms with van der Waals surface area (Å²) in [7, 11) is 1.60. The molecule has 0 atom stereocenters. The Kier molecular flexibility index (Phi) is 8.22. The summed E-state index contributed by atoms with van der Waals surface area (Å²) in [5.74, 6) is 1.29. The van der Waals surface area contributed by atoms with Crippen molar-refractivity contribution in [1.29, 1.82) is 0 Å². The van der Waals surface area contributed by atoms with Gasteiger partial charge in [0.25, 0.3) is 5.56 Å². The van der Waals surface area contributed by atoms with Crippen LogP contribution in [-0.2, 0) is 11.3 Å². The van der Waals surface area contributed by atoms with Crippen LogP contribution >= 0.6 is 0 Å². The standard InChI is InChI=1S/C27H40N2O4/c1-19(2)12-13-28(17-27(3,4)18-30)25(31)16-29-24-15-22(33-5)11-10-21(24)14-23(26(29)32)20-8-6-7-9-20/h10-11,14-15,19-20,30H,6-9,12-13,16-18H2,1-5H3. The molecule has 1 saturated carbocycles. The lowest BCUT2D eigenvalue weighted by atomic mass is 9.93. The number of methoxy groups -OCH3 is 1. The molecule has 2 aromatic rings. The molecule has 1 fully saturated rings. The topological polar surface area (TPSA) is 71.8 Å². The monoisotopic (exact) mass is 456 g/mol. The molecule has 0 saturated heterocycles. The van der Waals surface area contributed by atoms with Crippen molar-refractivity contribution < 1.29 is 14.6 Å². The van der Waals surface area contributed by atoms with Crippen LogP contribution in [-0.4, -0.2) is 47.3 Å². The highest BCUT2D eigenvalue weighted by Crippen LogP contribution is 2.34. The smallest absolute Gasteiger partial charge is 0.255 e. The molecule has 182 valence electrons. The van der Waals surface area contributed by atoms with Crippen LogP contribution in [0.2, 0.25) is 0 Å². The highest BCUT2D eigenvalue weighted by atomic mass is 16.5. The highest BCUT2D eigenvalue weighted by Gasteiger charge is 2.27. The number of nitrogens with zero attached hydrogens (tertiary/aromatic N) is 2. The highest BCUT2D eigenvalue weighted by molar-refractivity contribution is 5.84. The maximum Gasteiger partial charge on any atom is 0.255 e. The molecule has 0 radical (unpaired) electrons. The van der Waals surface area contributed by atoms with Crippen LogP contribution in [0.25, 0.3) is 10.9 Å². The summed E-state index contributed by atoms with van der Waals surface area (Å²) < 4.78 is 7.05. The lowest BCUT2D eigenvalue weighted by molar-refractivity contribution is -0.133. The SMILES string of the molecule is COc1ccc2cc(C3CCCC3)c(=O)n(CC(=O)N(CCC(C)C)CC(C)(C)CO)c2c1. The minimum Gasteiger partial charge on any atom is -0.497 e. The van der Waals surface area contributed by atoms with Gasteiger partial charge in [-0.3, -0.25) is 14.2 Å². The van der Waals surface area contributed by atoms with E-state index in [0.717, 1.165) is 48.6 Å². The summed E-state index contributed by atoms with van der Waals surface area (Å²) in [5, 5.41) is 10.7. The maximum absolute atomic E-state index is 13.6. The number of carbonyl (C=O) groups is 1. The molecule has 6 nitrogen and oxygen atoms in total. The zero-order chi connectivity index (χ0) is 24.2. The molecule has 1 aromatic heterocycles. The Balaban J connectivity index is 2.02. The summed E-state index contributed by atoms with van der Waals surface area (Å²) in [6, 6.07) is 7.73. The predicted molar refractivity (Wildman–Crippen MR) is 133 cm³/mol. The quantitative estimate of drug-likeness (QED) is 0.569. The second kappa shape index (κ2) is 10.7. The van der Waals surface area contributed by atoms with E-state index in [1.54, 1.807) is 11.7 Å². The Morgan fingerprint density at radius 3 is 2.55 bits per heavy atom. The number of aliphatic hydroxyl groups is 1. The number of ether oxygens (including phenoxy) is 1. The predicted octanol–water partition coefficient (Wildman–Crippen LogP) is 4.56. The number of pyridine rings is 1. The van der Waals surface area contributed by atoms with Crippen molar-refractivity contribution in [2.45, 2.75) is 72.3 Å². The van der Waals surface area contributed by atoms with E-state index in [2.05, 4.69) is 13.8 Å². The van der Waals surface area contributed by atoms with E-state index >= 15 is 0 Å². The van der Waals surface area contributed by atoms with Gasteiger partial charge in [-0.1, -0.05) is 40.5 Å². The summed E-state index contributed by atoms with van der Waals surface area (Å²) in [6.07, 6.45) is 5.21. The Bertz CT molecular complexity index is 1020. The molecule has 1 heterocycles. The van der Waals surface area contributed by atoms with Crippen LogP contribution in [0.1, 0.15) is 71.3 Å². The number of benzene rings is 1. The average molecular weight is 457 g/mol. The molecule has 0 unspecified atom stereocenters. The molecule has 0 spiro atoms. The zero-order valence-electron chi connectivity index (χ0n) is 20.9. The van der Waals surface area contributed by atoms with Crippen LogP contribution in [0.15, 0.2) is 29.1 Å². The second-order valence-corrected chi connectivity index (χ2v) is 10.7. The van der Waals surface area contributed by atoms with Crippen LogP contribution in [0.5, 0.6) is 5.75 Å². The van der Waals surface area contributed by atoms with Crippen LogP contribution < -0.4 is 10.3 Å². The van der Waals surface area contributed by atoms with Gasteiger partial charge in [0.2, 0.25) is 5.91 Å². The first-order chi connectivity index (χ1) is 15.6. The number of aromatic nitrogens is 1. The first-order valence-electron chi connectivity index (χ1n) is 12.3. The van der Waals surface area contributed by atoms with E-state index in [-0.39, 0.29) is 30.5 Å². The van der Waals surface area contributed by atoms with Crippen molar-refractivity contribution in [1.82, 2.24) is 9.47 Å². The zero-order valence-corrected chi connectivity index (χ0v) is 20.9. The molecular weight excluding hydrogens is 416 g/mol. The van der Waals surface area contributed by atoms with E-state index < -0.39 is 5.41 Å². The molecule has 1 N–H and O–H groups in total. The molecule has 0 aliphatic heterocycles. The minimum atomic E-state index is -0.408. The van der Waals surface area contributed by atoms with Crippen molar-refractivity contribution in [3.8, 4) is 5.75 Å². The molecule has 6 heteroatoms. The maximum atomic E-state index is 13.6. The number of carbonyl (C=O) groups excluding carboxylic acids is 1. The molecule has 33 heavy (non-hydrogen) atoms. The van der Waals surface area contributed by atoms with Crippen molar-refractivity contribution in [2.24, 2.45) is 11.3 Å². The van der Waals surface area contributed by atoms with Gasteiger partial charge in [-0.05, 0) is 54.7 Å². The molecule has 0 bridgehead atoms. The molecule has 1 aromatic carbocycles. The fraction of sp³-hybridized carbons (Fsp3) is 0.630. The number of rotatable bonds is 10. The fourth-order valence-electron chi connectivity index (χ4n) is 4.69. The molecule has 1 aliphatic carbocycles. The van der Waals surface area contributed by atoms with E-state index in [1.807, 2.05) is 43.0 Å². The van der Waals surface area contributed by atoms with Gasteiger partial charge in [0, 0.05) is 36.7 Å². The number of hydrogen-bond donors (Lipinski definition) is 1. The van der Waals surface area contributed by atoms with E-state index in [9.17, 15) is 14.7 Å². The molecule has 3 rings (SSSR count). The number of aliphatic hydroxyl groups excluding tert-OH is 1.